The van der Waals surface area contributed by atoms with Crippen LogP contribution >= 0.6 is 11.6 Å². The molecule has 1 N–H and O–H groups in total. The smallest absolute Gasteiger partial charge is 0.260 e. The molecule has 7 heteroatoms. The van der Waals surface area contributed by atoms with Crippen molar-refractivity contribution in [2.45, 2.75) is 13.2 Å². The fourth-order valence-corrected chi connectivity index (χ4v) is 4.10. The van der Waals surface area contributed by atoms with Crippen LogP contribution in [0.15, 0.2) is 65.6 Å². The maximum absolute atomic E-state index is 14.6. The van der Waals surface area contributed by atoms with E-state index in [9.17, 15) is 9.18 Å². The van der Waals surface area contributed by atoms with Crippen molar-refractivity contribution >= 4 is 33.9 Å². The number of anilines is 2. The third-order valence-corrected chi connectivity index (χ3v) is 5.58. The SMILES string of the molecule is CN1Cc2c(Nc3ccnc4ccccc34)cc(-c3cc(Cl)ccc3F)c(=O)n2C1. The monoisotopic (exact) mass is 420 g/mol. The van der Waals surface area contributed by atoms with Crippen molar-refractivity contribution in [3.05, 3.63) is 87.7 Å². The number of pyridine rings is 2. The van der Waals surface area contributed by atoms with Gasteiger partial charge in [-0.05, 0) is 43.4 Å². The van der Waals surface area contributed by atoms with Crippen LogP contribution in [0.3, 0.4) is 0 Å². The Labute approximate surface area is 177 Å². The predicted octanol–water partition coefficient (Wildman–Crippen LogP) is 5.00. The van der Waals surface area contributed by atoms with Crippen LogP contribution < -0.4 is 10.9 Å². The highest BCUT2D eigenvalue weighted by Crippen LogP contribution is 2.33. The standard InChI is InChI=1S/C23H18ClFN4O/c1-28-12-22-21(27-20-8-9-26-19-5-3-2-4-15(19)20)11-17(23(30)29(22)13-28)16-10-14(24)6-7-18(16)25/h2-11H,12-13H2,1H3,(H,26,27). The number of fused-ring (bicyclic) bond motifs is 2. The van der Waals surface area contributed by atoms with E-state index < -0.39 is 5.82 Å². The molecule has 0 unspecified atom stereocenters. The van der Waals surface area contributed by atoms with Crippen molar-refractivity contribution in [3.8, 4) is 11.1 Å². The molecule has 0 fully saturated rings. The molecule has 1 aliphatic rings. The fraction of sp³-hybridized carbons (Fsp3) is 0.130. The molecule has 3 heterocycles. The summed E-state index contributed by atoms with van der Waals surface area (Å²) in [7, 11) is 1.94. The van der Waals surface area contributed by atoms with Gasteiger partial charge in [-0.2, -0.15) is 0 Å². The lowest BCUT2D eigenvalue weighted by Gasteiger charge is -2.16. The molecule has 0 spiro atoms. The molecule has 0 aliphatic carbocycles. The minimum atomic E-state index is -0.483. The van der Waals surface area contributed by atoms with E-state index in [4.69, 9.17) is 11.6 Å². The molecule has 0 saturated heterocycles. The summed E-state index contributed by atoms with van der Waals surface area (Å²) in [6, 6.07) is 15.7. The van der Waals surface area contributed by atoms with Crippen molar-refractivity contribution in [2.24, 2.45) is 0 Å². The Morgan fingerprint density at radius 3 is 2.77 bits per heavy atom. The van der Waals surface area contributed by atoms with E-state index in [2.05, 4.69) is 10.3 Å². The molecule has 0 atom stereocenters. The summed E-state index contributed by atoms with van der Waals surface area (Å²) in [4.78, 5) is 19.6. The van der Waals surface area contributed by atoms with Gasteiger partial charge in [0.25, 0.3) is 5.56 Å². The van der Waals surface area contributed by atoms with Gasteiger partial charge < -0.3 is 5.32 Å². The molecule has 1 aliphatic heterocycles. The van der Waals surface area contributed by atoms with Crippen LogP contribution in [0.2, 0.25) is 5.02 Å². The van der Waals surface area contributed by atoms with Gasteiger partial charge in [0.05, 0.1) is 29.1 Å². The van der Waals surface area contributed by atoms with Crippen molar-refractivity contribution in [1.82, 2.24) is 14.5 Å². The van der Waals surface area contributed by atoms with Gasteiger partial charge in [0.2, 0.25) is 0 Å². The molecule has 2 aromatic heterocycles. The number of nitrogens with one attached hydrogen (secondary N) is 1. The zero-order chi connectivity index (χ0) is 20.8. The average molecular weight is 421 g/mol. The van der Waals surface area contributed by atoms with Crippen molar-refractivity contribution in [1.29, 1.82) is 0 Å². The number of halogens is 2. The molecule has 30 heavy (non-hydrogen) atoms. The van der Waals surface area contributed by atoms with Crippen molar-refractivity contribution in [2.75, 3.05) is 12.4 Å². The second kappa shape index (κ2) is 7.23. The van der Waals surface area contributed by atoms with Crippen LogP contribution in [-0.4, -0.2) is 21.5 Å². The normalized spacial score (nSPS) is 13.6. The summed E-state index contributed by atoms with van der Waals surface area (Å²) < 4.78 is 16.3. The summed E-state index contributed by atoms with van der Waals surface area (Å²) in [5.41, 5.74) is 3.58. The highest BCUT2D eigenvalue weighted by molar-refractivity contribution is 6.30. The third kappa shape index (κ3) is 3.14. The third-order valence-electron chi connectivity index (χ3n) is 5.34. The van der Waals surface area contributed by atoms with Gasteiger partial charge >= 0.3 is 0 Å². The predicted molar refractivity (Wildman–Crippen MR) is 118 cm³/mol. The molecule has 5 nitrogen and oxygen atoms in total. The first kappa shape index (κ1) is 18.8. The van der Waals surface area contributed by atoms with Gasteiger partial charge in [-0.1, -0.05) is 29.8 Å². The van der Waals surface area contributed by atoms with Gasteiger partial charge in [-0.25, -0.2) is 4.39 Å². The molecule has 0 amide bonds. The Balaban J connectivity index is 1.71. The van der Waals surface area contributed by atoms with E-state index in [1.165, 1.54) is 18.2 Å². The Morgan fingerprint density at radius 1 is 1.07 bits per heavy atom. The molecule has 2 aromatic carbocycles. The first-order valence-corrected chi connectivity index (χ1v) is 9.90. The summed E-state index contributed by atoms with van der Waals surface area (Å²) in [5, 5.41) is 4.80. The van der Waals surface area contributed by atoms with E-state index in [1.807, 2.05) is 42.3 Å². The largest absolute Gasteiger partial charge is 0.353 e. The van der Waals surface area contributed by atoms with Crippen LogP contribution in [-0.2, 0) is 13.2 Å². The summed E-state index contributed by atoms with van der Waals surface area (Å²) in [6.07, 6.45) is 1.74. The molecule has 0 bridgehead atoms. The van der Waals surface area contributed by atoms with Crippen LogP contribution in [0.5, 0.6) is 0 Å². The Morgan fingerprint density at radius 2 is 1.90 bits per heavy atom. The second-order valence-electron chi connectivity index (χ2n) is 7.43. The van der Waals surface area contributed by atoms with Crippen molar-refractivity contribution < 1.29 is 4.39 Å². The van der Waals surface area contributed by atoms with Gasteiger partial charge in [-0.15, -0.1) is 0 Å². The Bertz CT molecular complexity index is 1350. The first-order valence-electron chi connectivity index (χ1n) is 9.53. The Kier molecular flexibility index (Phi) is 4.53. The first-order chi connectivity index (χ1) is 14.5. The maximum atomic E-state index is 14.6. The van der Waals surface area contributed by atoms with Crippen LogP contribution in [0.25, 0.3) is 22.0 Å². The van der Waals surface area contributed by atoms with E-state index in [-0.39, 0.29) is 16.7 Å². The highest BCUT2D eigenvalue weighted by atomic mass is 35.5. The van der Waals surface area contributed by atoms with E-state index in [0.29, 0.717) is 18.2 Å². The number of benzene rings is 2. The number of nitrogens with zero attached hydrogens (tertiary/aromatic N) is 3. The molecule has 0 radical (unpaired) electrons. The molecular formula is C23H18ClFN4O. The lowest BCUT2D eigenvalue weighted by Crippen LogP contribution is -2.24. The summed E-state index contributed by atoms with van der Waals surface area (Å²) in [6.45, 7) is 1.05. The Hall–Kier alpha value is -3.22. The van der Waals surface area contributed by atoms with Gasteiger partial charge in [-0.3, -0.25) is 19.2 Å². The number of para-hydroxylation sites is 1. The summed E-state index contributed by atoms with van der Waals surface area (Å²) >= 11 is 6.09. The topological polar surface area (TPSA) is 50.2 Å². The summed E-state index contributed by atoms with van der Waals surface area (Å²) in [5.74, 6) is -0.483. The number of rotatable bonds is 3. The maximum Gasteiger partial charge on any atom is 0.260 e. The molecule has 4 aromatic rings. The fourth-order valence-electron chi connectivity index (χ4n) is 3.92. The lowest BCUT2D eigenvalue weighted by atomic mass is 10.0. The number of hydrogen-bond acceptors (Lipinski definition) is 4. The highest BCUT2D eigenvalue weighted by Gasteiger charge is 2.24. The molecule has 0 saturated carbocycles. The molecule has 5 rings (SSSR count). The quantitative estimate of drug-likeness (QED) is 0.506. The van der Waals surface area contributed by atoms with Crippen LogP contribution in [0.1, 0.15) is 5.69 Å². The average Bonchev–Trinajstić information content (AvgIpc) is 3.14. The zero-order valence-electron chi connectivity index (χ0n) is 16.2. The van der Waals surface area contributed by atoms with E-state index >= 15 is 0 Å². The second-order valence-corrected chi connectivity index (χ2v) is 7.87. The number of aromatic nitrogens is 2. The minimum absolute atomic E-state index is 0.194. The lowest BCUT2D eigenvalue weighted by molar-refractivity contribution is 0.316. The van der Waals surface area contributed by atoms with Gasteiger partial charge in [0.15, 0.2) is 0 Å². The zero-order valence-corrected chi connectivity index (χ0v) is 16.9. The van der Waals surface area contributed by atoms with E-state index in [0.717, 1.165) is 28.0 Å². The van der Waals surface area contributed by atoms with Crippen LogP contribution in [0, 0.1) is 5.82 Å². The van der Waals surface area contributed by atoms with Crippen LogP contribution in [0.4, 0.5) is 15.8 Å². The van der Waals surface area contributed by atoms with Crippen molar-refractivity contribution in [3.63, 3.8) is 0 Å². The number of hydrogen-bond donors (Lipinski definition) is 1. The van der Waals surface area contributed by atoms with Gasteiger partial charge in [0, 0.05) is 34.4 Å². The van der Waals surface area contributed by atoms with E-state index in [1.54, 1.807) is 16.8 Å². The van der Waals surface area contributed by atoms with Gasteiger partial charge in [0.1, 0.15) is 5.82 Å². The minimum Gasteiger partial charge on any atom is -0.353 e. The molecular weight excluding hydrogens is 403 g/mol. The molecule has 150 valence electrons.